The molecule has 0 radical (unpaired) electrons. The van der Waals surface area contributed by atoms with Gasteiger partial charge in [-0.25, -0.2) is 10.4 Å². The SMILES string of the molecule is C/C(=N/NC(=O)CSc1nc2sc3c(c2c(=O)n1-c1ccc(C)cc1)CCCC3)c1ccc(Cl)cc1. The van der Waals surface area contributed by atoms with Gasteiger partial charge in [-0.05, 0) is 74.9 Å². The van der Waals surface area contributed by atoms with E-state index in [-0.39, 0.29) is 17.2 Å². The van der Waals surface area contributed by atoms with E-state index in [2.05, 4.69) is 10.5 Å². The summed E-state index contributed by atoms with van der Waals surface area (Å²) in [7, 11) is 0. The summed E-state index contributed by atoms with van der Waals surface area (Å²) in [5, 5.41) is 6.09. The molecule has 5 rings (SSSR count). The second-order valence-corrected chi connectivity index (χ2v) is 11.3. The molecule has 0 unspecified atom stereocenters. The topological polar surface area (TPSA) is 76.3 Å². The third-order valence-corrected chi connectivity index (χ3v) is 8.57. The first-order chi connectivity index (χ1) is 17.4. The molecule has 0 aliphatic heterocycles. The van der Waals surface area contributed by atoms with Crippen molar-refractivity contribution in [1.29, 1.82) is 0 Å². The van der Waals surface area contributed by atoms with Crippen LogP contribution in [-0.2, 0) is 17.6 Å². The molecule has 0 saturated heterocycles. The summed E-state index contributed by atoms with van der Waals surface area (Å²) in [6.07, 6.45) is 4.15. The number of aromatic nitrogens is 2. The lowest BCUT2D eigenvalue weighted by molar-refractivity contribution is -0.118. The number of thioether (sulfide) groups is 1. The van der Waals surface area contributed by atoms with Crippen molar-refractivity contribution >= 4 is 56.5 Å². The fraction of sp³-hybridized carbons (Fsp3) is 0.259. The summed E-state index contributed by atoms with van der Waals surface area (Å²) in [6.45, 7) is 3.83. The Morgan fingerprint density at radius 3 is 2.61 bits per heavy atom. The van der Waals surface area contributed by atoms with E-state index in [0.717, 1.165) is 58.3 Å². The number of halogens is 1. The minimum Gasteiger partial charge on any atom is -0.272 e. The van der Waals surface area contributed by atoms with Crippen LogP contribution in [0.3, 0.4) is 0 Å². The van der Waals surface area contributed by atoms with E-state index in [1.807, 2.05) is 50.2 Å². The molecule has 36 heavy (non-hydrogen) atoms. The van der Waals surface area contributed by atoms with Crippen LogP contribution in [0.15, 0.2) is 63.6 Å². The summed E-state index contributed by atoms with van der Waals surface area (Å²) in [6, 6.07) is 15.1. The van der Waals surface area contributed by atoms with E-state index in [4.69, 9.17) is 16.6 Å². The molecule has 0 bridgehead atoms. The zero-order chi connectivity index (χ0) is 25.2. The van der Waals surface area contributed by atoms with Crippen molar-refractivity contribution in [3.05, 3.63) is 85.5 Å². The fourth-order valence-corrected chi connectivity index (χ4v) is 6.50. The normalized spacial score (nSPS) is 13.6. The molecule has 0 fully saturated rings. The Morgan fingerprint density at radius 1 is 1.14 bits per heavy atom. The predicted molar refractivity (Wildman–Crippen MR) is 149 cm³/mol. The molecular weight excluding hydrogens is 512 g/mol. The lowest BCUT2D eigenvalue weighted by Gasteiger charge is -2.13. The zero-order valence-corrected chi connectivity index (χ0v) is 22.4. The van der Waals surface area contributed by atoms with Crippen LogP contribution >= 0.6 is 34.7 Å². The van der Waals surface area contributed by atoms with E-state index in [9.17, 15) is 9.59 Å². The number of nitrogens with one attached hydrogen (secondary N) is 1. The number of hydrogen-bond donors (Lipinski definition) is 1. The van der Waals surface area contributed by atoms with Crippen molar-refractivity contribution in [3.8, 4) is 5.69 Å². The fourth-order valence-electron chi connectivity index (χ4n) is 4.27. The lowest BCUT2D eigenvalue weighted by Crippen LogP contribution is -2.24. The molecule has 2 heterocycles. The standard InChI is InChI=1S/C27H25ClN4O2S2/c1-16-7-13-20(14-8-16)32-26(34)24-21-5-3-4-6-22(21)36-25(24)29-27(32)35-15-23(33)31-30-17(2)18-9-11-19(28)12-10-18/h7-14H,3-6,15H2,1-2H3,(H,31,33)/b30-17-. The molecule has 1 amide bonds. The molecule has 1 N–H and O–H groups in total. The Balaban J connectivity index is 1.43. The minimum atomic E-state index is -0.274. The molecule has 6 nitrogen and oxygen atoms in total. The number of hydrogen-bond acceptors (Lipinski definition) is 6. The number of thiophene rings is 1. The van der Waals surface area contributed by atoms with Crippen LogP contribution in [0.5, 0.6) is 0 Å². The number of carbonyl (C=O) groups is 1. The van der Waals surface area contributed by atoms with E-state index in [1.165, 1.54) is 16.6 Å². The first-order valence-electron chi connectivity index (χ1n) is 11.8. The first-order valence-corrected chi connectivity index (χ1v) is 13.9. The number of aryl methyl sites for hydroxylation is 3. The van der Waals surface area contributed by atoms with Crippen molar-refractivity contribution < 1.29 is 4.79 Å². The molecule has 4 aromatic rings. The van der Waals surface area contributed by atoms with Gasteiger partial charge in [0.15, 0.2) is 5.16 Å². The van der Waals surface area contributed by atoms with Gasteiger partial charge in [-0.1, -0.05) is 53.2 Å². The van der Waals surface area contributed by atoms with Gasteiger partial charge in [-0.2, -0.15) is 5.10 Å². The zero-order valence-electron chi connectivity index (χ0n) is 20.0. The molecule has 0 saturated carbocycles. The number of rotatable bonds is 6. The maximum atomic E-state index is 13.8. The van der Waals surface area contributed by atoms with Crippen LogP contribution in [0, 0.1) is 6.92 Å². The van der Waals surface area contributed by atoms with Gasteiger partial charge >= 0.3 is 0 Å². The largest absolute Gasteiger partial charge is 0.272 e. The second-order valence-electron chi connectivity index (χ2n) is 8.79. The number of hydrazone groups is 1. The van der Waals surface area contributed by atoms with Gasteiger partial charge in [0.25, 0.3) is 11.5 Å². The molecule has 0 spiro atoms. The van der Waals surface area contributed by atoms with Gasteiger partial charge in [0.1, 0.15) is 4.83 Å². The van der Waals surface area contributed by atoms with Crippen molar-refractivity contribution in [2.45, 2.75) is 44.7 Å². The van der Waals surface area contributed by atoms with Gasteiger partial charge in [0, 0.05) is 9.90 Å². The Hall–Kier alpha value is -2.94. The smallest absolute Gasteiger partial charge is 0.267 e. The highest BCUT2D eigenvalue weighted by molar-refractivity contribution is 7.99. The van der Waals surface area contributed by atoms with Gasteiger partial charge < -0.3 is 0 Å². The number of benzene rings is 2. The molecule has 1 aliphatic rings. The van der Waals surface area contributed by atoms with Gasteiger partial charge in [0.2, 0.25) is 0 Å². The van der Waals surface area contributed by atoms with Crippen molar-refractivity contribution in [1.82, 2.24) is 15.0 Å². The van der Waals surface area contributed by atoms with Crippen molar-refractivity contribution in [2.24, 2.45) is 5.10 Å². The highest BCUT2D eigenvalue weighted by Crippen LogP contribution is 2.35. The molecule has 2 aromatic carbocycles. The highest BCUT2D eigenvalue weighted by Gasteiger charge is 2.23. The van der Waals surface area contributed by atoms with Crippen molar-refractivity contribution in [2.75, 3.05) is 5.75 Å². The van der Waals surface area contributed by atoms with Crippen LogP contribution in [0.2, 0.25) is 5.02 Å². The van der Waals surface area contributed by atoms with Crippen LogP contribution in [0.25, 0.3) is 15.9 Å². The van der Waals surface area contributed by atoms with Crippen LogP contribution in [0.1, 0.15) is 41.3 Å². The first kappa shape index (κ1) is 24.7. The summed E-state index contributed by atoms with van der Waals surface area (Å²) in [5.74, 6) is -0.199. The Kier molecular flexibility index (Phi) is 7.27. The summed E-state index contributed by atoms with van der Waals surface area (Å²) in [4.78, 5) is 33.3. The van der Waals surface area contributed by atoms with E-state index in [0.29, 0.717) is 15.9 Å². The maximum Gasteiger partial charge on any atom is 0.267 e. The van der Waals surface area contributed by atoms with Crippen LogP contribution in [-0.4, -0.2) is 26.9 Å². The number of nitrogens with zero attached hydrogens (tertiary/aromatic N) is 3. The molecule has 9 heteroatoms. The molecule has 0 atom stereocenters. The molecule has 2 aromatic heterocycles. The minimum absolute atomic E-state index is 0.0669. The second kappa shape index (κ2) is 10.6. The van der Waals surface area contributed by atoms with E-state index < -0.39 is 0 Å². The Bertz CT molecular complexity index is 1520. The summed E-state index contributed by atoms with van der Waals surface area (Å²) < 4.78 is 1.64. The van der Waals surface area contributed by atoms with Gasteiger partial charge in [-0.3, -0.25) is 14.2 Å². The van der Waals surface area contributed by atoms with Crippen LogP contribution < -0.4 is 11.0 Å². The average molecular weight is 537 g/mol. The summed E-state index contributed by atoms with van der Waals surface area (Å²) in [5.41, 5.74) is 7.09. The average Bonchev–Trinajstić information content (AvgIpc) is 3.26. The number of carbonyl (C=O) groups excluding carboxylic acids is 1. The monoisotopic (exact) mass is 536 g/mol. The predicted octanol–water partition coefficient (Wildman–Crippen LogP) is 5.92. The molecule has 1 aliphatic carbocycles. The third-order valence-electron chi connectivity index (χ3n) is 6.19. The maximum absolute atomic E-state index is 13.8. The molecule has 184 valence electrons. The Morgan fingerprint density at radius 2 is 1.86 bits per heavy atom. The Labute approximate surface area is 222 Å². The quantitative estimate of drug-likeness (QED) is 0.144. The molecular formula is C27H25ClN4O2S2. The van der Waals surface area contributed by atoms with Gasteiger partial charge in [0.05, 0.1) is 22.5 Å². The van der Waals surface area contributed by atoms with E-state index >= 15 is 0 Å². The van der Waals surface area contributed by atoms with E-state index in [1.54, 1.807) is 28.0 Å². The number of amides is 1. The third kappa shape index (κ3) is 5.12. The highest BCUT2D eigenvalue weighted by atomic mass is 35.5. The number of fused-ring (bicyclic) bond motifs is 3. The van der Waals surface area contributed by atoms with Gasteiger partial charge in [-0.15, -0.1) is 11.3 Å². The lowest BCUT2D eigenvalue weighted by atomic mass is 9.97. The van der Waals surface area contributed by atoms with Crippen molar-refractivity contribution in [3.63, 3.8) is 0 Å². The summed E-state index contributed by atoms with van der Waals surface area (Å²) >= 11 is 8.79. The van der Waals surface area contributed by atoms with Crippen LogP contribution in [0.4, 0.5) is 0 Å².